The summed E-state index contributed by atoms with van der Waals surface area (Å²) in [6.07, 6.45) is 3.11. The summed E-state index contributed by atoms with van der Waals surface area (Å²) >= 11 is 0. The Hall–Kier alpha value is -1.10. The van der Waals surface area contributed by atoms with Crippen LogP contribution in [-0.4, -0.2) is 35.2 Å². The number of carbonyl (C=O) groups excluding carboxylic acids is 1. The predicted octanol–water partition coefficient (Wildman–Crippen LogP) is 1.32. The van der Waals surface area contributed by atoms with Gasteiger partial charge in [0, 0.05) is 12.6 Å². The monoisotopic (exact) mass is 243 g/mol. The average Bonchev–Trinajstić information content (AvgIpc) is 2.07. The number of hydrogen-bond acceptors (Lipinski definition) is 3. The summed E-state index contributed by atoms with van der Waals surface area (Å²) in [7, 11) is 1.62. The lowest BCUT2D eigenvalue weighted by atomic mass is 9.77. The van der Waals surface area contributed by atoms with E-state index in [-0.39, 0.29) is 17.9 Å². The molecule has 1 amide bonds. The van der Waals surface area contributed by atoms with Crippen LogP contribution in [0.25, 0.3) is 0 Å². The summed E-state index contributed by atoms with van der Waals surface area (Å²) in [5, 5.41) is 11.5. The van der Waals surface area contributed by atoms with E-state index >= 15 is 0 Å². The first-order chi connectivity index (χ1) is 7.79. The van der Waals surface area contributed by atoms with Gasteiger partial charge in [-0.1, -0.05) is 0 Å². The molecule has 1 aliphatic carbocycles. The zero-order valence-corrected chi connectivity index (χ0v) is 10.7. The Kier molecular flexibility index (Phi) is 4.14. The Bertz CT molecular complexity index is 302. The SMILES string of the molecule is COC1(CC(=O)NC(C)(C)CC(=O)O)CCC1. The molecule has 0 radical (unpaired) electrons. The van der Waals surface area contributed by atoms with E-state index in [1.807, 2.05) is 0 Å². The van der Waals surface area contributed by atoms with Crippen LogP contribution >= 0.6 is 0 Å². The normalized spacial score (nSPS) is 18.3. The van der Waals surface area contributed by atoms with Crippen molar-refractivity contribution in [3.63, 3.8) is 0 Å². The summed E-state index contributed by atoms with van der Waals surface area (Å²) in [4.78, 5) is 22.5. The number of carboxylic acid groups (broad SMARTS) is 1. The van der Waals surface area contributed by atoms with E-state index in [2.05, 4.69) is 5.32 Å². The van der Waals surface area contributed by atoms with Crippen LogP contribution in [0.5, 0.6) is 0 Å². The van der Waals surface area contributed by atoms with Crippen molar-refractivity contribution >= 4 is 11.9 Å². The third-order valence-corrected chi connectivity index (χ3v) is 3.25. The third-order valence-electron chi connectivity index (χ3n) is 3.25. The Morgan fingerprint density at radius 2 is 2.00 bits per heavy atom. The highest BCUT2D eigenvalue weighted by Crippen LogP contribution is 2.38. The molecule has 5 nitrogen and oxygen atoms in total. The van der Waals surface area contributed by atoms with E-state index < -0.39 is 11.5 Å². The molecule has 0 aromatic carbocycles. The van der Waals surface area contributed by atoms with Crippen molar-refractivity contribution in [3.8, 4) is 0 Å². The molecule has 0 heterocycles. The van der Waals surface area contributed by atoms with Gasteiger partial charge in [-0.3, -0.25) is 9.59 Å². The highest BCUT2D eigenvalue weighted by molar-refractivity contribution is 5.79. The first-order valence-electron chi connectivity index (χ1n) is 5.87. The molecule has 1 fully saturated rings. The fraction of sp³-hybridized carbons (Fsp3) is 0.833. The quantitative estimate of drug-likeness (QED) is 0.737. The minimum absolute atomic E-state index is 0.0846. The van der Waals surface area contributed by atoms with Crippen molar-refractivity contribution in [2.45, 2.75) is 57.1 Å². The maximum Gasteiger partial charge on any atom is 0.305 e. The van der Waals surface area contributed by atoms with Gasteiger partial charge in [-0.05, 0) is 33.1 Å². The van der Waals surface area contributed by atoms with Crippen LogP contribution in [0.2, 0.25) is 0 Å². The molecule has 0 bridgehead atoms. The van der Waals surface area contributed by atoms with E-state index in [4.69, 9.17) is 9.84 Å². The van der Waals surface area contributed by atoms with Gasteiger partial charge in [0.25, 0.3) is 0 Å². The second kappa shape index (κ2) is 5.04. The minimum atomic E-state index is -0.916. The van der Waals surface area contributed by atoms with E-state index in [1.54, 1.807) is 21.0 Å². The summed E-state index contributed by atoms with van der Waals surface area (Å²) < 4.78 is 5.36. The average molecular weight is 243 g/mol. The molecule has 0 saturated heterocycles. The summed E-state index contributed by atoms with van der Waals surface area (Å²) in [5.41, 5.74) is -1.04. The molecule has 1 saturated carbocycles. The molecule has 0 atom stereocenters. The molecule has 0 aromatic heterocycles. The molecule has 1 rings (SSSR count). The van der Waals surface area contributed by atoms with Crippen molar-refractivity contribution in [2.24, 2.45) is 0 Å². The van der Waals surface area contributed by atoms with Gasteiger partial charge in [-0.15, -0.1) is 0 Å². The van der Waals surface area contributed by atoms with Crippen LogP contribution in [0.1, 0.15) is 46.0 Å². The first-order valence-corrected chi connectivity index (χ1v) is 5.87. The smallest absolute Gasteiger partial charge is 0.305 e. The van der Waals surface area contributed by atoms with Gasteiger partial charge < -0.3 is 15.2 Å². The standard InChI is InChI=1S/C12H21NO4/c1-11(2,8-10(15)16)13-9(14)7-12(17-3)5-4-6-12/h4-8H2,1-3H3,(H,13,14)(H,15,16). The predicted molar refractivity (Wildman–Crippen MR) is 62.7 cm³/mol. The lowest BCUT2D eigenvalue weighted by molar-refractivity contribution is -0.140. The fourth-order valence-electron chi connectivity index (χ4n) is 2.16. The van der Waals surface area contributed by atoms with Gasteiger partial charge in [0.15, 0.2) is 0 Å². The van der Waals surface area contributed by atoms with Gasteiger partial charge in [-0.2, -0.15) is 0 Å². The van der Waals surface area contributed by atoms with Gasteiger partial charge in [0.2, 0.25) is 5.91 Å². The van der Waals surface area contributed by atoms with Crippen LogP contribution in [0, 0.1) is 0 Å². The maximum absolute atomic E-state index is 11.8. The van der Waals surface area contributed by atoms with E-state index in [0.29, 0.717) is 6.42 Å². The zero-order chi connectivity index (χ0) is 13.1. The van der Waals surface area contributed by atoms with Gasteiger partial charge in [0.1, 0.15) is 0 Å². The van der Waals surface area contributed by atoms with E-state index in [0.717, 1.165) is 19.3 Å². The molecular formula is C12H21NO4. The number of carboxylic acids is 1. The van der Waals surface area contributed by atoms with Crippen LogP contribution in [0.15, 0.2) is 0 Å². The Morgan fingerprint density at radius 3 is 2.35 bits per heavy atom. The molecule has 2 N–H and O–H groups in total. The number of ether oxygens (including phenoxy) is 1. The maximum atomic E-state index is 11.8. The van der Waals surface area contributed by atoms with Crippen LogP contribution < -0.4 is 5.32 Å². The molecule has 5 heteroatoms. The lowest BCUT2D eigenvalue weighted by Gasteiger charge is -2.40. The van der Waals surface area contributed by atoms with Crippen molar-refractivity contribution in [2.75, 3.05) is 7.11 Å². The van der Waals surface area contributed by atoms with Gasteiger partial charge in [0.05, 0.1) is 18.4 Å². The summed E-state index contributed by atoms with van der Waals surface area (Å²) in [5.74, 6) is -1.06. The number of methoxy groups -OCH3 is 1. The van der Waals surface area contributed by atoms with Crippen molar-refractivity contribution in [3.05, 3.63) is 0 Å². The van der Waals surface area contributed by atoms with Crippen molar-refractivity contribution < 1.29 is 19.4 Å². The van der Waals surface area contributed by atoms with Crippen LogP contribution in [0.3, 0.4) is 0 Å². The molecule has 0 aliphatic heterocycles. The second-order valence-electron chi connectivity index (χ2n) is 5.42. The number of aliphatic carboxylic acids is 1. The Balaban J connectivity index is 2.46. The number of hydrogen-bond donors (Lipinski definition) is 2. The molecule has 98 valence electrons. The van der Waals surface area contributed by atoms with Crippen LogP contribution in [0.4, 0.5) is 0 Å². The minimum Gasteiger partial charge on any atom is -0.481 e. The molecule has 0 spiro atoms. The number of nitrogens with one attached hydrogen (secondary N) is 1. The third kappa shape index (κ3) is 4.00. The largest absolute Gasteiger partial charge is 0.481 e. The van der Waals surface area contributed by atoms with Gasteiger partial charge in [-0.25, -0.2) is 0 Å². The highest BCUT2D eigenvalue weighted by atomic mass is 16.5. The summed E-state index contributed by atoms with van der Waals surface area (Å²) in [6, 6.07) is 0. The highest BCUT2D eigenvalue weighted by Gasteiger charge is 2.39. The van der Waals surface area contributed by atoms with Crippen molar-refractivity contribution in [1.29, 1.82) is 0 Å². The number of carbonyl (C=O) groups is 2. The van der Waals surface area contributed by atoms with Crippen LogP contribution in [-0.2, 0) is 14.3 Å². The molecule has 0 aromatic rings. The fourth-order valence-corrected chi connectivity index (χ4v) is 2.16. The Labute approximate surface area is 102 Å². The van der Waals surface area contributed by atoms with Crippen molar-refractivity contribution in [1.82, 2.24) is 5.32 Å². The second-order valence-corrected chi connectivity index (χ2v) is 5.42. The zero-order valence-electron chi connectivity index (χ0n) is 10.7. The molecule has 1 aliphatic rings. The number of amides is 1. The molecule has 0 unspecified atom stereocenters. The number of rotatable bonds is 6. The topological polar surface area (TPSA) is 75.6 Å². The summed E-state index contributed by atoms with van der Waals surface area (Å²) in [6.45, 7) is 3.42. The molecule has 17 heavy (non-hydrogen) atoms. The Morgan fingerprint density at radius 1 is 1.41 bits per heavy atom. The van der Waals surface area contributed by atoms with Gasteiger partial charge >= 0.3 is 5.97 Å². The first kappa shape index (κ1) is 14.0. The van der Waals surface area contributed by atoms with E-state index in [9.17, 15) is 9.59 Å². The van der Waals surface area contributed by atoms with E-state index in [1.165, 1.54) is 0 Å². The molecular weight excluding hydrogens is 222 g/mol. The lowest BCUT2D eigenvalue weighted by Crippen LogP contribution is -2.50.